The van der Waals surface area contributed by atoms with Crippen LogP contribution in [0.2, 0.25) is 5.02 Å². The Morgan fingerprint density at radius 3 is 2.70 bits per heavy atom. The zero-order valence-electron chi connectivity index (χ0n) is 10.5. The quantitative estimate of drug-likeness (QED) is 0.880. The van der Waals surface area contributed by atoms with Crippen LogP contribution in [0.1, 0.15) is 17.3 Å². The zero-order chi connectivity index (χ0) is 14.5. The molecule has 0 aliphatic carbocycles. The molecule has 0 unspecified atom stereocenters. The van der Waals surface area contributed by atoms with E-state index in [1.54, 1.807) is 6.07 Å². The predicted molar refractivity (Wildman–Crippen MR) is 81.1 cm³/mol. The van der Waals surface area contributed by atoms with Gasteiger partial charge >= 0.3 is 0 Å². The van der Waals surface area contributed by atoms with Gasteiger partial charge in [-0.2, -0.15) is 0 Å². The fourth-order valence-electron chi connectivity index (χ4n) is 1.42. The molecule has 2 aromatic rings. The zero-order valence-corrected chi connectivity index (χ0v) is 12.9. The third kappa shape index (κ3) is 3.64. The van der Waals surface area contributed by atoms with E-state index in [2.05, 4.69) is 41.5 Å². The standard InChI is InChI=1S/C12H11BrClN5O/c1-2-15-11-8(14)3-7(4-18-11)12(20)19-10-6-16-9(13)5-17-10/h3-6H,2H2,1H3,(H,15,18)(H,17,19,20). The van der Waals surface area contributed by atoms with Gasteiger partial charge < -0.3 is 10.6 Å². The van der Waals surface area contributed by atoms with Crippen molar-refractivity contribution in [2.45, 2.75) is 6.92 Å². The maximum atomic E-state index is 12.0. The molecule has 1 amide bonds. The van der Waals surface area contributed by atoms with Crippen molar-refractivity contribution >= 4 is 45.1 Å². The first kappa shape index (κ1) is 14.7. The number of hydrogen-bond acceptors (Lipinski definition) is 5. The van der Waals surface area contributed by atoms with Crippen molar-refractivity contribution in [1.29, 1.82) is 0 Å². The maximum absolute atomic E-state index is 12.0. The molecule has 8 heteroatoms. The van der Waals surface area contributed by atoms with Crippen LogP contribution in [-0.4, -0.2) is 27.4 Å². The van der Waals surface area contributed by atoms with Gasteiger partial charge in [-0.1, -0.05) is 11.6 Å². The largest absolute Gasteiger partial charge is 0.369 e. The molecule has 0 atom stereocenters. The van der Waals surface area contributed by atoms with Crippen LogP contribution in [0.5, 0.6) is 0 Å². The molecule has 0 aliphatic heterocycles. The summed E-state index contributed by atoms with van der Waals surface area (Å²) in [7, 11) is 0. The van der Waals surface area contributed by atoms with Gasteiger partial charge in [0.05, 0.1) is 23.0 Å². The minimum absolute atomic E-state index is 0.348. The van der Waals surface area contributed by atoms with Gasteiger partial charge in [-0.3, -0.25) is 4.79 Å². The van der Waals surface area contributed by atoms with Crippen molar-refractivity contribution in [2.24, 2.45) is 0 Å². The lowest BCUT2D eigenvalue weighted by molar-refractivity contribution is 0.102. The van der Waals surface area contributed by atoms with E-state index in [1.165, 1.54) is 18.6 Å². The number of halogens is 2. The molecule has 0 radical (unpaired) electrons. The number of aromatic nitrogens is 3. The van der Waals surface area contributed by atoms with Crippen LogP contribution in [0, 0.1) is 0 Å². The van der Waals surface area contributed by atoms with E-state index < -0.39 is 0 Å². The normalized spacial score (nSPS) is 10.2. The van der Waals surface area contributed by atoms with Gasteiger partial charge in [0, 0.05) is 12.7 Å². The molecule has 20 heavy (non-hydrogen) atoms. The van der Waals surface area contributed by atoms with E-state index in [0.29, 0.717) is 33.4 Å². The molecule has 0 fully saturated rings. The molecule has 0 aliphatic rings. The highest BCUT2D eigenvalue weighted by molar-refractivity contribution is 9.10. The Labute approximate surface area is 129 Å². The topological polar surface area (TPSA) is 79.8 Å². The highest BCUT2D eigenvalue weighted by Gasteiger charge is 2.10. The van der Waals surface area contributed by atoms with Crippen molar-refractivity contribution < 1.29 is 4.79 Å². The van der Waals surface area contributed by atoms with Crippen molar-refractivity contribution in [3.05, 3.63) is 39.8 Å². The van der Waals surface area contributed by atoms with E-state index >= 15 is 0 Å². The minimum Gasteiger partial charge on any atom is -0.369 e. The van der Waals surface area contributed by atoms with Crippen LogP contribution in [0.3, 0.4) is 0 Å². The van der Waals surface area contributed by atoms with Crippen LogP contribution < -0.4 is 10.6 Å². The van der Waals surface area contributed by atoms with Gasteiger partial charge in [0.25, 0.3) is 5.91 Å². The molecule has 0 saturated carbocycles. The number of anilines is 2. The van der Waals surface area contributed by atoms with Crippen molar-refractivity contribution in [3.8, 4) is 0 Å². The van der Waals surface area contributed by atoms with Crippen molar-refractivity contribution in [1.82, 2.24) is 15.0 Å². The molecule has 2 rings (SSSR count). The van der Waals surface area contributed by atoms with E-state index in [9.17, 15) is 4.79 Å². The van der Waals surface area contributed by atoms with Crippen LogP contribution in [0.25, 0.3) is 0 Å². The first-order valence-corrected chi connectivity index (χ1v) is 6.95. The molecule has 0 aromatic carbocycles. The Kier molecular flexibility index (Phi) is 4.86. The van der Waals surface area contributed by atoms with Crippen LogP contribution in [-0.2, 0) is 0 Å². The van der Waals surface area contributed by atoms with E-state index in [4.69, 9.17) is 11.6 Å². The molecular weight excluding hydrogens is 346 g/mol. The smallest absolute Gasteiger partial charge is 0.258 e. The molecule has 104 valence electrons. The van der Waals surface area contributed by atoms with Gasteiger partial charge in [-0.05, 0) is 28.9 Å². The number of pyridine rings is 1. The van der Waals surface area contributed by atoms with E-state index in [0.717, 1.165) is 0 Å². The number of hydrogen-bond donors (Lipinski definition) is 2. The van der Waals surface area contributed by atoms with Gasteiger partial charge in [-0.25, -0.2) is 15.0 Å². The second-order valence-electron chi connectivity index (χ2n) is 3.76. The SMILES string of the molecule is CCNc1ncc(C(=O)Nc2cnc(Br)cn2)cc1Cl. The fraction of sp³-hybridized carbons (Fsp3) is 0.167. The lowest BCUT2D eigenvalue weighted by Gasteiger charge is -2.07. The first-order valence-electron chi connectivity index (χ1n) is 5.78. The Hall–Kier alpha value is -1.73. The average molecular weight is 357 g/mol. The molecular formula is C12H11BrClN5O. The number of carbonyl (C=O) groups excluding carboxylic acids is 1. The van der Waals surface area contributed by atoms with E-state index in [1.807, 2.05) is 6.92 Å². The third-order valence-corrected chi connectivity index (χ3v) is 3.01. The average Bonchev–Trinajstić information content (AvgIpc) is 2.44. The first-order chi connectivity index (χ1) is 9.60. The molecule has 2 aromatic heterocycles. The number of nitrogens with one attached hydrogen (secondary N) is 2. The second-order valence-corrected chi connectivity index (χ2v) is 4.98. The third-order valence-electron chi connectivity index (χ3n) is 2.31. The van der Waals surface area contributed by atoms with Gasteiger partial charge in [0.1, 0.15) is 10.4 Å². The Morgan fingerprint density at radius 2 is 2.10 bits per heavy atom. The highest BCUT2D eigenvalue weighted by Crippen LogP contribution is 2.20. The maximum Gasteiger partial charge on any atom is 0.258 e. The summed E-state index contributed by atoms with van der Waals surface area (Å²) in [6, 6.07) is 1.55. The van der Waals surface area contributed by atoms with Gasteiger partial charge in [0.2, 0.25) is 0 Å². The van der Waals surface area contributed by atoms with Crippen LogP contribution >= 0.6 is 27.5 Å². The second kappa shape index (κ2) is 6.62. The Bertz CT molecular complexity index is 620. The minimum atomic E-state index is -0.348. The molecule has 0 saturated heterocycles. The molecule has 0 bridgehead atoms. The summed E-state index contributed by atoms with van der Waals surface area (Å²) in [5, 5.41) is 6.00. The number of amides is 1. The summed E-state index contributed by atoms with van der Waals surface area (Å²) in [6.07, 6.45) is 4.39. The molecule has 2 N–H and O–H groups in total. The lowest BCUT2D eigenvalue weighted by Crippen LogP contribution is -2.14. The van der Waals surface area contributed by atoms with Gasteiger partial charge in [-0.15, -0.1) is 0 Å². The van der Waals surface area contributed by atoms with Crippen molar-refractivity contribution in [2.75, 3.05) is 17.2 Å². The summed E-state index contributed by atoms with van der Waals surface area (Å²) >= 11 is 9.20. The monoisotopic (exact) mass is 355 g/mol. The summed E-state index contributed by atoms with van der Waals surface area (Å²) < 4.78 is 0.593. The lowest BCUT2D eigenvalue weighted by atomic mass is 10.2. The highest BCUT2D eigenvalue weighted by atomic mass is 79.9. The summed E-state index contributed by atoms with van der Waals surface area (Å²) in [4.78, 5) is 24.1. The number of nitrogens with zero attached hydrogens (tertiary/aromatic N) is 3. The molecule has 0 spiro atoms. The van der Waals surface area contributed by atoms with Gasteiger partial charge in [0.15, 0.2) is 5.82 Å². The predicted octanol–water partition coefficient (Wildman–Crippen LogP) is 2.97. The van der Waals surface area contributed by atoms with Crippen LogP contribution in [0.4, 0.5) is 11.6 Å². The Morgan fingerprint density at radius 1 is 1.30 bits per heavy atom. The number of rotatable bonds is 4. The van der Waals surface area contributed by atoms with E-state index in [-0.39, 0.29) is 5.91 Å². The Balaban J connectivity index is 2.13. The fourth-order valence-corrected chi connectivity index (χ4v) is 1.86. The molecule has 6 nitrogen and oxygen atoms in total. The van der Waals surface area contributed by atoms with Crippen LogP contribution in [0.15, 0.2) is 29.3 Å². The molecule has 2 heterocycles. The summed E-state index contributed by atoms with van der Waals surface area (Å²) in [6.45, 7) is 2.64. The van der Waals surface area contributed by atoms with Crippen molar-refractivity contribution in [3.63, 3.8) is 0 Å². The summed E-state index contributed by atoms with van der Waals surface area (Å²) in [5.41, 5.74) is 0.348. The summed E-state index contributed by atoms with van der Waals surface area (Å²) in [5.74, 6) is 0.554. The number of carbonyl (C=O) groups is 1.